The van der Waals surface area contributed by atoms with Crippen LogP contribution in [0.25, 0.3) is 10.2 Å². The smallest absolute Gasteiger partial charge is 0.394 e. The van der Waals surface area contributed by atoms with E-state index in [4.69, 9.17) is 0 Å². The van der Waals surface area contributed by atoms with Crippen molar-refractivity contribution < 1.29 is 23.1 Å². The Morgan fingerprint density at radius 2 is 2.00 bits per heavy atom. The van der Waals surface area contributed by atoms with E-state index in [0.29, 0.717) is 10.4 Å². The number of carbonyl (C=O) groups excluding carboxylic acids is 1. The minimum absolute atomic E-state index is 0.396. The minimum atomic E-state index is -4.43. The minimum Gasteiger partial charge on any atom is -0.394 e. The molecule has 1 atom stereocenters. The fourth-order valence-electron chi connectivity index (χ4n) is 2.69. The standard InChI is InChI=1S/C17H16F3N3O2S/c1-9-12-7-14(26-16(12)23(2)22-9)15(25)21-13(8-24)10-3-5-11(6-4-10)17(18,19)20/h3-7,13,24H,8H2,1-2H3,(H,21,25)/t13-/m0/s1. The lowest BCUT2D eigenvalue weighted by molar-refractivity contribution is -0.137. The van der Waals surface area contributed by atoms with Gasteiger partial charge in [-0.2, -0.15) is 18.3 Å². The molecule has 3 aromatic rings. The summed E-state index contributed by atoms with van der Waals surface area (Å²) in [5, 5.41) is 17.3. The zero-order chi connectivity index (χ0) is 19.1. The molecule has 0 saturated carbocycles. The molecule has 0 spiro atoms. The van der Waals surface area contributed by atoms with Crippen LogP contribution < -0.4 is 5.32 Å². The molecular formula is C17H16F3N3O2S. The Kier molecular flexibility index (Phi) is 4.76. The highest BCUT2D eigenvalue weighted by Gasteiger charge is 2.30. The van der Waals surface area contributed by atoms with Crippen LogP contribution in [-0.4, -0.2) is 27.4 Å². The summed E-state index contributed by atoms with van der Waals surface area (Å²) in [6.07, 6.45) is -4.43. The molecule has 1 aromatic carbocycles. The van der Waals surface area contributed by atoms with Crippen LogP contribution in [0.1, 0.15) is 32.5 Å². The number of aromatic nitrogens is 2. The summed E-state index contributed by atoms with van der Waals surface area (Å²) < 4.78 is 39.6. The summed E-state index contributed by atoms with van der Waals surface area (Å²) in [7, 11) is 1.78. The van der Waals surface area contributed by atoms with Crippen molar-refractivity contribution in [3.8, 4) is 0 Å². The van der Waals surface area contributed by atoms with E-state index < -0.39 is 30.3 Å². The molecule has 3 rings (SSSR count). The summed E-state index contributed by atoms with van der Waals surface area (Å²) in [5.74, 6) is -0.399. The molecular weight excluding hydrogens is 367 g/mol. The SMILES string of the molecule is Cc1nn(C)c2sc(C(=O)N[C@@H](CO)c3ccc(C(F)(F)F)cc3)cc12. The Labute approximate surface area is 151 Å². The van der Waals surface area contributed by atoms with Crippen molar-refractivity contribution in [3.05, 3.63) is 52.0 Å². The first-order chi connectivity index (χ1) is 12.2. The number of alkyl halides is 3. The van der Waals surface area contributed by atoms with Crippen molar-refractivity contribution in [2.75, 3.05) is 6.61 Å². The number of hydrogen-bond donors (Lipinski definition) is 2. The highest BCUT2D eigenvalue weighted by Crippen LogP contribution is 2.30. The Morgan fingerprint density at radius 3 is 2.54 bits per heavy atom. The second-order valence-electron chi connectivity index (χ2n) is 5.87. The van der Waals surface area contributed by atoms with Crippen molar-refractivity contribution in [2.24, 2.45) is 7.05 Å². The zero-order valence-electron chi connectivity index (χ0n) is 14.0. The number of aliphatic hydroxyl groups is 1. The predicted octanol–water partition coefficient (Wildman–Crippen LogP) is 3.43. The Morgan fingerprint density at radius 1 is 1.35 bits per heavy atom. The first-order valence-corrected chi connectivity index (χ1v) is 8.54. The topological polar surface area (TPSA) is 67.2 Å². The van der Waals surface area contributed by atoms with Gasteiger partial charge in [-0.3, -0.25) is 9.48 Å². The maximum atomic E-state index is 12.6. The van der Waals surface area contributed by atoms with Crippen molar-refractivity contribution >= 4 is 27.5 Å². The largest absolute Gasteiger partial charge is 0.416 e. The predicted molar refractivity (Wildman–Crippen MR) is 92.1 cm³/mol. The van der Waals surface area contributed by atoms with Crippen molar-refractivity contribution in [1.82, 2.24) is 15.1 Å². The van der Waals surface area contributed by atoms with Crippen LogP contribution in [0.3, 0.4) is 0 Å². The summed E-state index contributed by atoms with van der Waals surface area (Å²) in [5.41, 5.74) is 0.420. The van der Waals surface area contributed by atoms with Crippen LogP contribution in [0.5, 0.6) is 0 Å². The van der Waals surface area contributed by atoms with Gasteiger partial charge in [0.15, 0.2) is 0 Å². The summed E-state index contributed by atoms with van der Waals surface area (Å²) in [6.45, 7) is 1.41. The molecule has 0 aliphatic carbocycles. The third-order valence-electron chi connectivity index (χ3n) is 4.05. The first-order valence-electron chi connectivity index (χ1n) is 7.72. The molecule has 0 aliphatic rings. The van der Waals surface area contributed by atoms with Crippen LogP contribution >= 0.6 is 11.3 Å². The summed E-state index contributed by atoms with van der Waals surface area (Å²) in [4.78, 5) is 13.8. The maximum absolute atomic E-state index is 12.6. The molecule has 26 heavy (non-hydrogen) atoms. The molecule has 5 nitrogen and oxygen atoms in total. The van der Waals surface area contributed by atoms with E-state index >= 15 is 0 Å². The van der Waals surface area contributed by atoms with Gasteiger partial charge < -0.3 is 10.4 Å². The molecule has 0 radical (unpaired) electrons. The van der Waals surface area contributed by atoms with E-state index in [2.05, 4.69) is 10.4 Å². The number of carbonyl (C=O) groups is 1. The number of rotatable bonds is 4. The van der Waals surface area contributed by atoms with E-state index in [1.54, 1.807) is 17.8 Å². The van der Waals surface area contributed by atoms with Crippen LogP contribution in [0, 0.1) is 6.92 Å². The zero-order valence-corrected chi connectivity index (χ0v) is 14.8. The number of hydrogen-bond acceptors (Lipinski definition) is 4. The van der Waals surface area contributed by atoms with E-state index in [9.17, 15) is 23.1 Å². The van der Waals surface area contributed by atoms with Gasteiger partial charge in [-0.15, -0.1) is 11.3 Å². The number of nitrogens with one attached hydrogen (secondary N) is 1. The highest BCUT2D eigenvalue weighted by molar-refractivity contribution is 7.20. The number of benzene rings is 1. The third-order valence-corrected chi connectivity index (χ3v) is 5.25. The number of aliphatic hydroxyl groups excluding tert-OH is 1. The number of amides is 1. The first kappa shape index (κ1) is 18.4. The second kappa shape index (κ2) is 6.73. The van der Waals surface area contributed by atoms with Gasteiger partial charge in [-0.05, 0) is 30.7 Å². The molecule has 0 aliphatic heterocycles. The van der Waals surface area contributed by atoms with Gasteiger partial charge in [-0.1, -0.05) is 12.1 Å². The molecule has 1 amide bonds. The van der Waals surface area contributed by atoms with E-state index in [-0.39, 0.29) is 0 Å². The van der Waals surface area contributed by atoms with E-state index in [1.807, 2.05) is 6.92 Å². The quantitative estimate of drug-likeness (QED) is 0.725. The number of nitrogens with zero attached hydrogens (tertiary/aromatic N) is 2. The maximum Gasteiger partial charge on any atom is 0.416 e. The molecule has 2 heterocycles. The molecule has 2 aromatic heterocycles. The van der Waals surface area contributed by atoms with E-state index in [0.717, 1.165) is 28.0 Å². The number of halogens is 3. The molecule has 138 valence electrons. The molecule has 0 saturated heterocycles. The Balaban J connectivity index is 1.80. The van der Waals surface area contributed by atoms with Crippen LogP contribution in [0.2, 0.25) is 0 Å². The second-order valence-corrected chi connectivity index (χ2v) is 6.90. The molecule has 0 fully saturated rings. The fraction of sp³-hybridized carbons (Fsp3) is 0.294. The van der Waals surface area contributed by atoms with Crippen molar-refractivity contribution in [2.45, 2.75) is 19.1 Å². The van der Waals surface area contributed by atoms with Gasteiger partial charge in [0.05, 0.1) is 28.8 Å². The van der Waals surface area contributed by atoms with Crippen molar-refractivity contribution in [3.63, 3.8) is 0 Å². The lowest BCUT2D eigenvalue weighted by Crippen LogP contribution is -2.30. The summed E-state index contributed by atoms with van der Waals surface area (Å²) in [6, 6.07) is 5.29. The van der Waals surface area contributed by atoms with E-state index in [1.165, 1.54) is 23.5 Å². The lowest BCUT2D eigenvalue weighted by Gasteiger charge is -2.17. The average Bonchev–Trinajstić information content (AvgIpc) is 3.14. The van der Waals surface area contributed by atoms with Crippen LogP contribution in [-0.2, 0) is 13.2 Å². The summed E-state index contributed by atoms with van der Waals surface area (Å²) >= 11 is 1.26. The Hall–Kier alpha value is -2.39. The van der Waals surface area contributed by atoms with Gasteiger partial charge >= 0.3 is 6.18 Å². The van der Waals surface area contributed by atoms with Crippen LogP contribution in [0.4, 0.5) is 13.2 Å². The fourth-order valence-corrected chi connectivity index (χ4v) is 3.71. The highest BCUT2D eigenvalue weighted by atomic mass is 32.1. The monoisotopic (exact) mass is 383 g/mol. The Bertz CT molecular complexity index is 910. The molecule has 9 heteroatoms. The average molecular weight is 383 g/mol. The number of fused-ring (bicyclic) bond motifs is 1. The molecule has 0 bridgehead atoms. The third kappa shape index (κ3) is 3.45. The molecule has 0 unspecified atom stereocenters. The van der Waals surface area contributed by atoms with Crippen molar-refractivity contribution in [1.29, 1.82) is 0 Å². The molecule has 2 N–H and O–H groups in total. The van der Waals surface area contributed by atoms with Gasteiger partial charge in [0.25, 0.3) is 5.91 Å². The van der Waals surface area contributed by atoms with Crippen LogP contribution in [0.15, 0.2) is 30.3 Å². The number of aryl methyl sites for hydroxylation is 2. The van der Waals surface area contributed by atoms with Gasteiger partial charge in [-0.25, -0.2) is 0 Å². The van der Waals surface area contributed by atoms with Gasteiger partial charge in [0, 0.05) is 12.4 Å². The van der Waals surface area contributed by atoms with Gasteiger partial charge in [0.2, 0.25) is 0 Å². The lowest BCUT2D eigenvalue weighted by atomic mass is 10.0. The van der Waals surface area contributed by atoms with Gasteiger partial charge in [0.1, 0.15) is 4.83 Å². The normalized spacial score (nSPS) is 13.2. The number of thiophene rings is 1.